The van der Waals surface area contributed by atoms with Gasteiger partial charge in [-0.2, -0.15) is 0 Å². The van der Waals surface area contributed by atoms with E-state index >= 15 is 0 Å². The predicted molar refractivity (Wildman–Crippen MR) is 94.8 cm³/mol. The number of piperidine rings is 1. The first-order chi connectivity index (χ1) is 11.6. The van der Waals surface area contributed by atoms with Crippen LogP contribution in [0, 0.1) is 0 Å². The molecule has 0 radical (unpaired) electrons. The average Bonchev–Trinajstić information content (AvgIpc) is 2.98. The summed E-state index contributed by atoms with van der Waals surface area (Å²) in [6, 6.07) is 7.87. The molecule has 3 amide bonds. The number of benzene rings is 1. The molecule has 0 aromatic heterocycles. The van der Waals surface area contributed by atoms with E-state index in [1.165, 1.54) is 6.42 Å². The molecule has 0 saturated carbocycles. The number of carbonyl (C=O) groups excluding carboxylic acids is 2. The van der Waals surface area contributed by atoms with Gasteiger partial charge in [0.15, 0.2) is 0 Å². The van der Waals surface area contributed by atoms with Gasteiger partial charge in [-0.1, -0.05) is 18.6 Å². The second-order valence-corrected chi connectivity index (χ2v) is 6.77. The van der Waals surface area contributed by atoms with Gasteiger partial charge < -0.3 is 10.2 Å². The molecule has 0 unspecified atom stereocenters. The van der Waals surface area contributed by atoms with Crippen LogP contribution >= 0.6 is 0 Å². The number of hydrogen-bond donors (Lipinski definition) is 2. The SMILES string of the molecule is C[C@@H]1CCC[C@H](C)N1NC(=O)Nc1ccccc1N1CCCC1=O. The summed E-state index contributed by atoms with van der Waals surface area (Å²) in [4.78, 5) is 26.2. The van der Waals surface area contributed by atoms with E-state index in [4.69, 9.17) is 0 Å². The molecule has 3 rings (SSSR count). The number of nitrogens with one attached hydrogen (secondary N) is 2. The largest absolute Gasteiger partial charge is 0.333 e. The van der Waals surface area contributed by atoms with Crippen molar-refractivity contribution >= 4 is 23.3 Å². The van der Waals surface area contributed by atoms with Gasteiger partial charge >= 0.3 is 6.03 Å². The third-order valence-corrected chi connectivity index (χ3v) is 4.94. The Labute approximate surface area is 143 Å². The van der Waals surface area contributed by atoms with Crippen LogP contribution in [0.2, 0.25) is 0 Å². The predicted octanol–water partition coefficient (Wildman–Crippen LogP) is 3.11. The minimum Gasteiger partial charge on any atom is -0.310 e. The first-order valence-electron chi connectivity index (χ1n) is 8.81. The molecule has 2 aliphatic heterocycles. The van der Waals surface area contributed by atoms with Crippen LogP contribution in [0.4, 0.5) is 16.2 Å². The van der Waals surface area contributed by atoms with Crippen LogP contribution < -0.4 is 15.6 Å². The van der Waals surface area contributed by atoms with Crippen molar-refractivity contribution in [1.82, 2.24) is 10.4 Å². The van der Waals surface area contributed by atoms with Crippen molar-refractivity contribution in [3.8, 4) is 0 Å². The van der Waals surface area contributed by atoms with Gasteiger partial charge in [0.1, 0.15) is 0 Å². The number of para-hydroxylation sites is 2. The lowest BCUT2D eigenvalue weighted by Crippen LogP contribution is -2.55. The second kappa shape index (κ2) is 7.21. The molecule has 0 aliphatic carbocycles. The van der Waals surface area contributed by atoms with Gasteiger partial charge in [0.25, 0.3) is 0 Å². The Morgan fingerprint density at radius 3 is 2.50 bits per heavy atom. The van der Waals surface area contributed by atoms with E-state index in [1.807, 2.05) is 29.3 Å². The van der Waals surface area contributed by atoms with E-state index in [2.05, 4.69) is 24.6 Å². The van der Waals surface area contributed by atoms with Gasteiger partial charge in [-0.3, -0.25) is 10.2 Å². The van der Waals surface area contributed by atoms with Crippen molar-refractivity contribution in [1.29, 1.82) is 0 Å². The molecule has 2 N–H and O–H groups in total. The Bertz CT molecular complexity index is 609. The molecule has 6 nitrogen and oxygen atoms in total. The standard InChI is InChI=1S/C18H26N4O2/c1-13-7-5-8-14(2)22(13)20-18(24)19-15-9-3-4-10-16(15)21-12-6-11-17(21)23/h3-4,9-10,13-14H,5-8,11-12H2,1-2H3,(H2,19,20,24)/t13-,14+. The van der Waals surface area contributed by atoms with Gasteiger partial charge in [-0.15, -0.1) is 0 Å². The Morgan fingerprint density at radius 1 is 1.12 bits per heavy atom. The Kier molecular flexibility index (Phi) is 5.04. The third kappa shape index (κ3) is 3.53. The molecule has 2 aliphatic rings. The van der Waals surface area contributed by atoms with E-state index in [-0.39, 0.29) is 11.9 Å². The fourth-order valence-electron chi connectivity index (χ4n) is 3.63. The number of urea groups is 1. The zero-order valence-corrected chi connectivity index (χ0v) is 14.4. The molecule has 1 aromatic carbocycles. The molecular formula is C18H26N4O2. The number of hydrogen-bond acceptors (Lipinski definition) is 3. The molecule has 130 valence electrons. The summed E-state index contributed by atoms with van der Waals surface area (Å²) in [5.74, 6) is 0.114. The van der Waals surface area contributed by atoms with E-state index in [0.717, 1.165) is 24.9 Å². The maximum Gasteiger partial charge on any atom is 0.333 e. The summed E-state index contributed by atoms with van der Waals surface area (Å²) in [6.07, 6.45) is 4.81. The van der Waals surface area contributed by atoms with Crippen LogP contribution in [-0.4, -0.2) is 35.6 Å². The highest BCUT2D eigenvalue weighted by Crippen LogP contribution is 2.29. The monoisotopic (exact) mass is 330 g/mol. The topological polar surface area (TPSA) is 64.7 Å². The summed E-state index contributed by atoms with van der Waals surface area (Å²) in [5.41, 5.74) is 4.42. The van der Waals surface area contributed by atoms with Crippen molar-refractivity contribution in [2.45, 2.75) is 58.0 Å². The van der Waals surface area contributed by atoms with Gasteiger partial charge in [-0.25, -0.2) is 9.80 Å². The molecule has 2 saturated heterocycles. The number of hydrazine groups is 1. The quantitative estimate of drug-likeness (QED) is 0.895. The van der Waals surface area contributed by atoms with E-state index in [9.17, 15) is 9.59 Å². The molecule has 6 heteroatoms. The highest BCUT2D eigenvalue weighted by atomic mass is 16.2. The zero-order valence-electron chi connectivity index (χ0n) is 14.4. The van der Waals surface area contributed by atoms with Gasteiger partial charge in [0.05, 0.1) is 11.4 Å². The van der Waals surface area contributed by atoms with Crippen LogP contribution in [-0.2, 0) is 4.79 Å². The second-order valence-electron chi connectivity index (χ2n) is 6.77. The normalized spacial score (nSPS) is 24.9. The minimum atomic E-state index is -0.255. The van der Waals surface area contributed by atoms with Crippen molar-refractivity contribution in [2.24, 2.45) is 0 Å². The number of anilines is 2. The summed E-state index contributed by atoms with van der Waals surface area (Å²) < 4.78 is 0. The number of nitrogens with zero attached hydrogens (tertiary/aromatic N) is 2. The van der Waals surface area contributed by atoms with Gasteiger partial charge in [-0.05, 0) is 45.2 Å². The summed E-state index contributed by atoms with van der Waals surface area (Å²) >= 11 is 0. The van der Waals surface area contributed by atoms with Crippen LogP contribution in [0.5, 0.6) is 0 Å². The zero-order chi connectivity index (χ0) is 17.1. The maximum atomic E-state index is 12.5. The molecule has 0 spiro atoms. The van der Waals surface area contributed by atoms with Crippen molar-refractivity contribution in [3.05, 3.63) is 24.3 Å². The molecule has 24 heavy (non-hydrogen) atoms. The van der Waals surface area contributed by atoms with E-state index in [1.54, 1.807) is 4.90 Å². The Morgan fingerprint density at radius 2 is 1.83 bits per heavy atom. The van der Waals surface area contributed by atoms with Gasteiger partial charge in [0.2, 0.25) is 5.91 Å². The van der Waals surface area contributed by atoms with Gasteiger partial charge in [0, 0.05) is 25.0 Å². The van der Waals surface area contributed by atoms with E-state index in [0.29, 0.717) is 30.7 Å². The lowest BCUT2D eigenvalue weighted by atomic mass is 10.00. The lowest BCUT2D eigenvalue weighted by molar-refractivity contribution is -0.117. The Balaban J connectivity index is 1.69. The number of rotatable bonds is 3. The first kappa shape index (κ1) is 16.8. The smallest absolute Gasteiger partial charge is 0.310 e. The molecule has 2 atom stereocenters. The van der Waals surface area contributed by atoms with Crippen molar-refractivity contribution in [3.63, 3.8) is 0 Å². The highest BCUT2D eigenvalue weighted by molar-refractivity contribution is 6.01. The average molecular weight is 330 g/mol. The maximum absolute atomic E-state index is 12.5. The molecule has 1 aromatic rings. The highest BCUT2D eigenvalue weighted by Gasteiger charge is 2.27. The van der Waals surface area contributed by atoms with E-state index < -0.39 is 0 Å². The molecule has 0 bridgehead atoms. The number of carbonyl (C=O) groups is 2. The van der Waals surface area contributed by atoms with Crippen LogP contribution in [0.1, 0.15) is 46.0 Å². The minimum absolute atomic E-state index is 0.114. The fourth-order valence-corrected chi connectivity index (χ4v) is 3.63. The lowest BCUT2D eigenvalue weighted by Gasteiger charge is -2.38. The third-order valence-electron chi connectivity index (χ3n) is 4.94. The van der Waals surface area contributed by atoms with Crippen LogP contribution in [0.15, 0.2) is 24.3 Å². The fraction of sp³-hybridized carbons (Fsp3) is 0.556. The molecular weight excluding hydrogens is 304 g/mol. The number of amides is 3. The summed E-state index contributed by atoms with van der Waals surface area (Å²) in [6.45, 7) is 4.97. The molecule has 2 fully saturated rings. The molecule has 2 heterocycles. The Hall–Kier alpha value is -2.08. The van der Waals surface area contributed by atoms with Crippen molar-refractivity contribution < 1.29 is 9.59 Å². The van der Waals surface area contributed by atoms with Crippen molar-refractivity contribution in [2.75, 3.05) is 16.8 Å². The summed E-state index contributed by atoms with van der Waals surface area (Å²) in [7, 11) is 0. The van der Waals surface area contributed by atoms with Crippen LogP contribution in [0.3, 0.4) is 0 Å². The summed E-state index contributed by atoms with van der Waals surface area (Å²) in [5, 5.41) is 4.94. The van der Waals surface area contributed by atoms with Crippen LogP contribution in [0.25, 0.3) is 0 Å². The first-order valence-corrected chi connectivity index (χ1v) is 8.81.